The first-order valence-electron chi connectivity index (χ1n) is 11.6. The molecule has 2 aromatic carbocycles. The lowest BCUT2D eigenvalue weighted by molar-refractivity contribution is -0.149. The number of amides is 2. The molecule has 0 aliphatic carbocycles. The summed E-state index contributed by atoms with van der Waals surface area (Å²) in [7, 11) is -1.73. The summed E-state index contributed by atoms with van der Waals surface area (Å²) in [5.41, 5.74) is 1.02. The van der Waals surface area contributed by atoms with E-state index in [0.29, 0.717) is 24.3 Å². The number of rotatable bonds is 9. The molecule has 200 valence electrons. The highest BCUT2D eigenvalue weighted by molar-refractivity contribution is 8.32. The Morgan fingerprint density at radius 1 is 1.08 bits per heavy atom. The second kappa shape index (κ2) is 11.3. The van der Waals surface area contributed by atoms with Gasteiger partial charge < -0.3 is 20.1 Å². The van der Waals surface area contributed by atoms with Crippen LogP contribution in [0.1, 0.15) is 36.9 Å². The Morgan fingerprint density at radius 2 is 1.73 bits per heavy atom. The van der Waals surface area contributed by atoms with Crippen molar-refractivity contribution in [3.8, 4) is 5.75 Å². The Balaban J connectivity index is 1.98. The van der Waals surface area contributed by atoms with Crippen molar-refractivity contribution in [1.82, 2.24) is 4.90 Å². The molecule has 0 saturated heterocycles. The van der Waals surface area contributed by atoms with E-state index in [4.69, 9.17) is 9.84 Å². The van der Waals surface area contributed by atoms with Gasteiger partial charge in [-0.3, -0.25) is 19.2 Å². The Hall–Kier alpha value is -3.47. The van der Waals surface area contributed by atoms with Crippen molar-refractivity contribution < 1.29 is 37.8 Å². The third kappa shape index (κ3) is 6.46. The number of carboxylic acid groups (broad SMARTS) is 1. The molecule has 0 aromatic heterocycles. The number of hydrogen-bond acceptors (Lipinski definition) is 5. The molecule has 0 bridgehead atoms. The molecule has 0 spiro atoms. The molecule has 2 amide bonds. The number of halogens is 2. The highest BCUT2D eigenvalue weighted by Crippen LogP contribution is 2.48. The van der Waals surface area contributed by atoms with Crippen LogP contribution in [0.4, 0.5) is 14.5 Å². The van der Waals surface area contributed by atoms with Gasteiger partial charge in [0.2, 0.25) is 5.78 Å². The molecule has 3 rings (SSSR count). The third-order valence-electron chi connectivity index (χ3n) is 5.85. The molecule has 1 aliphatic rings. The van der Waals surface area contributed by atoms with E-state index < -0.39 is 64.1 Å². The molecule has 1 atom stereocenters. The number of ether oxygens (including phenoxy) is 1. The topological polar surface area (TPSA) is 113 Å². The minimum Gasteiger partial charge on any atom is -0.494 e. The number of aliphatic carboxylic acids is 1. The van der Waals surface area contributed by atoms with Crippen LogP contribution < -0.4 is 10.1 Å². The Morgan fingerprint density at radius 3 is 2.30 bits per heavy atom. The third-order valence-corrected chi connectivity index (χ3v) is 7.46. The van der Waals surface area contributed by atoms with Crippen LogP contribution in [0.2, 0.25) is 0 Å². The van der Waals surface area contributed by atoms with Gasteiger partial charge in [0.1, 0.15) is 23.4 Å². The lowest BCUT2D eigenvalue weighted by Crippen LogP contribution is -2.48. The normalized spacial score (nSPS) is 15.5. The maximum absolute atomic E-state index is 14.8. The molecule has 0 radical (unpaired) electrons. The molecular weight excluding hydrogens is 506 g/mol. The van der Waals surface area contributed by atoms with E-state index in [2.05, 4.69) is 5.32 Å². The Labute approximate surface area is 215 Å². The van der Waals surface area contributed by atoms with Gasteiger partial charge >= 0.3 is 5.97 Å². The van der Waals surface area contributed by atoms with Gasteiger partial charge in [-0.25, -0.2) is 18.8 Å². The molecule has 2 N–H and O–H groups in total. The number of benzene rings is 2. The number of carbonyl (C=O) groups excluding carboxylic acids is 3. The minimum atomic E-state index is -1.73. The first-order valence-corrected chi connectivity index (χ1v) is 14.5. The number of nitrogens with one attached hydrogen (secondary N) is 1. The van der Waals surface area contributed by atoms with Gasteiger partial charge in [-0.2, -0.15) is 0 Å². The second-order valence-corrected chi connectivity index (χ2v) is 13.4. The van der Waals surface area contributed by atoms with Crippen LogP contribution in [0.5, 0.6) is 5.75 Å². The molecule has 1 heterocycles. The summed E-state index contributed by atoms with van der Waals surface area (Å²) in [5.74, 6) is -4.94. The molecule has 2 aromatic rings. The summed E-state index contributed by atoms with van der Waals surface area (Å²) < 4.78 is 35.1. The Kier molecular flexibility index (Phi) is 8.57. The molecule has 37 heavy (non-hydrogen) atoms. The zero-order valence-electron chi connectivity index (χ0n) is 21.1. The van der Waals surface area contributed by atoms with Crippen molar-refractivity contribution in [2.45, 2.75) is 37.1 Å². The summed E-state index contributed by atoms with van der Waals surface area (Å²) in [6.45, 7) is 2.26. The fraction of sp³-hybridized carbons (Fsp3) is 0.385. The maximum Gasteiger partial charge on any atom is 0.303 e. The van der Waals surface area contributed by atoms with E-state index >= 15 is 0 Å². The van der Waals surface area contributed by atoms with Gasteiger partial charge in [-0.05, 0) is 67.5 Å². The quantitative estimate of drug-likeness (QED) is 0.470. The lowest BCUT2D eigenvalue weighted by atomic mass is 9.91. The number of ketones is 1. The molecule has 0 saturated carbocycles. The molecule has 11 heteroatoms. The van der Waals surface area contributed by atoms with Crippen LogP contribution in [0.3, 0.4) is 0 Å². The second-order valence-electron chi connectivity index (χ2n) is 9.36. The number of fused-ring (bicyclic) bond motifs is 1. The number of hydrogen-bond donors (Lipinski definition) is 2. The standard InChI is InChI=1S/C26H30F2N2O6S/c1-5-36-17-6-7-18-15(12-17)10-11-30(26(35)21(31)8-9-22(32)33)23(18)25(34)29-16-13-19(27)24(20(28)14-16)37(2,3)4/h6-7,12-14,23H,5,8-11H2,1-4H3,(H,29,34)(H,32,33)/t23-/m1/s1. The summed E-state index contributed by atoms with van der Waals surface area (Å²) in [5, 5.41) is 11.3. The largest absolute Gasteiger partial charge is 0.494 e. The van der Waals surface area contributed by atoms with E-state index in [1.807, 2.05) is 6.92 Å². The summed E-state index contributed by atoms with van der Waals surface area (Å²) in [6.07, 6.45) is 4.52. The van der Waals surface area contributed by atoms with Crippen LogP contribution in [-0.2, 0) is 25.6 Å². The van der Waals surface area contributed by atoms with Gasteiger partial charge in [0.25, 0.3) is 11.8 Å². The summed E-state index contributed by atoms with van der Waals surface area (Å²) in [4.78, 5) is 50.8. The van der Waals surface area contributed by atoms with Crippen molar-refractivity contribution in [2.75, 3.05) is 37.2 Å². The summed E-state index contributed by atoms with van der Waals surface area (Å²) >= 11 is 0. The fourth-order valence-electron chi connectivity index (χ4n) is 4.28. The van der Waals surface area contributed by atoms with Crippen molar-refractivity contribution >= 4 is 39.3 Å². The summed E-state index contributed by atoms with van der Waals surface area (Å²) in [6, 6.07) is 5.76. The zero-order valence-corrected chi connectivity index (χ0v) is 21.9. The Bertz CT molecular complexity index is 1220. The van der Waals surface area contributed by atoms with Crippen LogP contribution >= 0.6 is 10.0 Å². The highest BCUT2D eigenvalue weighted by Gasteiger charge is 2.38. The van der Waals surface area contributed by atoms with Crippen molar-refractivity contribution in [3.05, 3.63) is 53.1 Å². The van der Waals surface area contributed by atoms with Crippen LogP contribution in [0, 0.1) is 11.6 Å². The van der Waals surface area contributed by atoms with Gasteiger partial charge in [-0.1, -0.05) is 6.07 Å². The fourth-order valence-corrected chi connectivity index (χ4v) is 5.56. The minimum absolute atomic E-state index is 0.00730. The van der Waals surface area contributed by atoms with E-state index in [0.717, 1.165) is 22.6 Å². The van der Waals surface area contributed by atoms with Crippen LogP contribution in [0.15, 0.2) is 35.2 Å². The predicted octanol–water partition coefficient (Wildman–Crippen LogP) is 3.91. The van der Waals surface area contributed by atoms with E-state index in [9.17, 15) is 28.0 Å². The van der Waals surface area contributed by atoms with Gasteiger partial charge in [0.15, 0.2) is 0 Å². The van der Waals surface area contributed by atoms with Crippen molar-refractivity contribution in [3.63, 3.8) is 0 Å². The zero-order chi connectivity index (χ0) is 27.5. The van der Waals surface area contributed by atoms with E-state index in [1.165, 1.54) is 0 Å². The highest BCUT2D eigenvalue weighted by atomic mass is 32.3. The predicted molar refractivity (Wildman–Crippen MR) is 136 cm³/mol. The average Bonchev–Trinajstić information content (AvgIpc) is 2.79. The lowest BCUT2D eigenvalue weighted by Gasteiger charge is -2.36. The smallest absolute Gasteiger partial charge is 0.303 e. The van der Waals surface area contributed by atoms with Crippen molar-refractivity contribution in [1.29, 1.82) is 0 Å². The number of nitrogens with zero attached hydrogens (tertiary/aromatic N) is 1. The first kappa shape index (κ1) is 28.1. The van der Waals surface area contributed by atoms with E-state index in [1.54, 1.807) is 37.0 Å². The monoisotopic (exact) mass is 536 g/mol. The number of carbonyl (C=O) groups is 4. The molecular formula is C26H30F2N2O6S. The molecule has 0 fully saturated rings. The van der Waals surface area contributed by atoms with Gasteiger partial charge in [0, 0.05) is 18.7 Å². The SMILES string of the molecule is CCOc1ccc2c(c1)CCN(C(=O)C(=O)CCC(=O)O)[C@H]2C(=O)Nc1cc(F)c(S(C)(C)C)c(F)c1. The number of Topliss-reactive ketones (excluding diaryl/α,β-unsaturated/α-hetero) is 1. The average molecular weight is 537 g/mol. The van der Waals surface area contributed by atoms with Crippen molar-refractivity contribution in [2.24, 2.45) is 0 Å². The molecule has 8 nitrogen and oxygen atoms in total. The van der Waals surface area contributed by atoms with Gasteiger partial charge in [0.05, 0.1) is 17.9 Å². The number of carboxylic acids is 1. The van der Waals surface area contributed by atoms with Gasteiger partial charge in [-0.15, -0.1) is 0 Å². The molecule has 0 unspecified atom stereocenters. The van der Waals surface area contributed by atoms with E-state index in [-0.39, 0.29) is 17.1 Å². The molecule has 1 aliphatic heterocycles. The van der Waals surface area contributed by atoms with Crippen LogP contribution in [0.25, 0.3) is 0 Å². The first-order chi connectivity index (χ1) is 17.3. The number of anilines is 1. The van der Waals surface area contributed by atoms with Crippen LogP contribution in [-0.4, -0.2) is 65.5 Å². The maximum atomic E-state index is 14.8.